The molecule has 8 rings (SSSR count). The molecule has 6 heterocycles. The average molecular weight is 1320 g/mol. The number of nitrogens with zero attached hydrogens (tertiary/aromatic N) is 6. The SMILES string of the molecule is C#Cc1ccc(C#C)c(C)c1.COC(=O)C[C@H](C(=O)N1C[C@@H](C)C[C@H]1c1ncc(C#Cc2ccc(C#Cc3cnc([C@@H]4C[C@H](C)CN4C(=O)[C@@H](CC(=O)OC)C(C)C)[nH]3)c(C)c2)[nH]1)C(C)C.COC(=O)C[C@H](C(=O)N1C[C@@H](C)C[C@H]1c1ncc(I)[nH]1)C(C)C. The second-order valence-corrected chi connectivity index (χ2v) is 25.9. The maximum atomic E-state index is 13.7. The van der Waals surface area contributed by atoms with Crippen LogP contribution in [0.1, 0.15) is 181 Å². The Morgan fingerprint density at radius 1 is 0.528 bits per heavy atom. The maximum Gasteiger partial charge on any atom is 0.306 e. The van der Waals surface area contributed by atoms with Gasteiger partial charge in [-0.1, -0.05) is 86.0 Å². The van der Waals surface area contributed by atoms with E-state index < -0.39 is 11.8 Å². The zero-order chi connectivity index (χ0) is 65.4. The van der Waals surface area contributed by atoms with Crippen molar-refractivity contribution in [1.82, 2.24) is 44.6 Å². The number of carbonyl (C=O) groups excluding carboxylic acids is 6. The highest BCUT2D eigenvalue weighted by Crippen LogP contribution is 2.39. The van der Waals surface area contributed by atoms with Gasteiger partial charge in [0.05, 0.1) is 98.8 Å². The first kappa shape index (κ1) is 70.0. The van der Waals surface area contributed by atoms with E-state index in [1.54, 1.807) is 18.6 Å². The second kappa shape index (κ2) is 32.4. The molecule has 0 unspecified atom stereocenters. The van der Waals surface area contributed by atoms with Gasteiger partial charge in [0.2, 0.25) is 17.7 Å². The van der Waals surface area contributed by atoms with E-state index in [0.29, 0.717) is 60.4 Å². The van der Waals surface area contributed by atoms with Crippen LogP contribution in [0.3, 0.4) is 0 Å². The Kier molecular flexibility index (Phi) is 25.4. The fourth-order valence-corrected chi connectivity index (χ4v) is 12.0. The van der Waals surface area contributed by atoms with Crippen LogP contribution >= 0.6 is 22.6 Å². The average Bonchev–Trinajstić information content (AvgIpc) is 1.77. The Balaban J connectivity index is 0.000000301. The molecule has 3 amide bonds. The number of hydrogen-bond donors (Lipinski definition) is 3. The summed E-state index contributed by atoms with van der Waals surface area (Å²) in [6, 6.07) is 11.0. The molecule has 3 saturated heterocycles. The predicted molar refractivity (Wildman–Crippen MR) is 348 cm³/mol. The van der Waals surface area contributed by atoms with E-state index in [2.05, 4.69) is 109 Å². The number of ether oxygens (including phenoxy) is 3. The Hall–Kier alpha value is -8.14. The largest absolute Gasteiger partial charge is 0.469 e. The smallest absolute Gasteiger partial charge is 0.306 e. The van der Waals surface area contributed by atoms with Gasteiger partial charge in [-0.25, -0.2) is 15.0 Å². The van der Waals surface area contributed by atoms with Gasteiger partial charge in [0.1, 0.15) is 28.9 Å². The van der Waals surface area contributed by atoms with Crippen LogP contribution in [0.15, 0.2) is 55.0 Å². The highest BCUT2D eigenvalue weighted by atomic mass is 127. The van der Waals surface area contributed by atoms with E-state index in [0.717, 1.165) is 62.2 Å². The molecule has 3 N–H and O–H groups in total. The Bertz CT molecular complexity index is 3540. The summed E-state index contributed by atoms with van der Waals surface area (Å²) in [6.45, 7) is 24.0. The summed E-state index contributed by atoms with van der Waals surface area (Å²) in [6.07, 6.45) is 18.3. The molecule has 0 saturated carbocycles. The van der Waals surface area contributed by atoms with E-state index >= 15 is 0 Å². The molecule has 3 aliphatic heterocycles. The number of H-pyrrole nitrogens is 3. The predicted octanol–water partition coefficient (Wildman–Crippen LogP) is 10.4. The summed E-state index contributed by atoms with van der Waals surface area (Å²) in [5, 5.41) is 0. The molecule has 0 spiro atoms. The zero-order valence-electron chi connectivity index (χ0n) is 53.9. The van der Waals surface area contributed by atoms with Crippen LogP contribution in [-0.4, -0.2) is 121 Å². The van der Waals surface area contributed by atoms with Crippen LogP contribution in [0.25, 0.3) is 0 Å². The van der Waals surface area contributed by atoms with E-state index in [1.807, 2.05) is 106 Å². The standard InChI is InChI=1S/C43H54N6O6.C16H24IN3O3.C11H8/c1-25(2)34(19-38(50)54-8)42(52)48-23-27(5)16-36(48)40-44-21-32(46-40)14-11-30-10-12-31(29(7)18-30)13-15-33-22-45-41(47-33)37-17-28(6)24-49(37)43(53)35(26(3)4)20-39(51)55-9;1-9(2)11(6-14(21)23-4)16(22)20-8-10(3)5-12(20)15-18-7-13(17)19-15;1-4-10-6-7-11(5-2)9(3)8-10/h10,12,18,21-22,25-28,34-37H,16-17,19-20,23-24H2,1-9H3,(H,44,46)(H,45,47);7,9-12H,5-6,8H2,1-4H3,(H,18,19);1-2,6-8H,3H3/t27-,28-,34-,35-,36-,37-;10-,11-,12-;/m00./s1. The van der Waals surface area contributed by atoms with Gasteiger partial charge in [0.15, 0.2) is 0 Å². The van der Waals surface area contributed by atoms with E-state index in [9.17, 15) is 28.8 Å². The van der Waals surface area contributed by atoms with Crippen molar-refractivity contribution in [3.05, 3.63) is 121 Å². The van der Waals surface area contributed by atoms with Gasteiger partial charge in [0.25, 0.3) is 0 Å². The Morgan fingerprint density at radius 2 is 0.888 bits per heavy atom. The summed E-state index contributed by atoms with van der Waals surface area (Å²) in [7, 11) is 4.04. The fourth-order valence-electron chi connectivity index (χ4n) is 11.6. The van der Waals surface area contributed by atoms with Gasteiger partial charge in [-0.05, 0) is 151 Å². The molecule has 0 bridgehead atoms. The number of aromatic nitrogens is 6. The molecule has 89 heavy (non-hydrogen) atoms. The number of rotatable bonds is 15. The van der Waals surface area contributed by atoms with E-state index in [4.69, 9.17) is 27.1 Å². The molecule has 2 aromatic carbocycles. The van der Waals surface area contributed by atoms with Crippen molar-refractivity contribution in [3.63, 3.8) is 0 Å². The van der Waals surface area contributed by atoms with Crippen molar-refractivity contribution in [3.8, 4) is 48.4 Å². The molecule has 18 nitrogen and oxygen atoms in total. The number of halogens is 1. The quantitative estimate of drug-likeness (QED) is 0.0385. The van der Waals surface area contributed by atoms with Crippen LogP contribution in [-0.2, 0) is 43.0 Å². The molecular formula is C70H86IN9O9. The summed E-state index contributed by atoms with van der Waals surface area (Å²) in [5.74, 6) is 18.7. The van der Waals surface area contributed by atoms with Gasteiger partial charge >= 0.3 is 17.9 Å². The van der Waals surface area contributed by atoms with E-state index in [1.165, 1.54) is 21.3 Å². The van der Waals surface area contributed by atoms with Gasteiger partial charge in [0, 0.05) is 41.9 Å². The molecule has 3 aromatic heterocycles. The lowest BCUT2D eigenvalue weighted by Crippen LogP contribution is -2.39. The molecule has 5 aromatic rings. The van der Waals surface area contributed by atoms with Crippen molar-refractivity contribution in [1.29, 1.82) is 0 Å². The summed E-state index contributed by atoms with van der Waals surface area (Å²) in [5.41, 5.74) is 6.78. The van der Waals surface area contributed by atoms with Crippen LogP contribution in [0, 0.1) is 119 Å². The number of terminal acetylenes is 2. The number of amides is 3. The topological polar surface area (TPSA) is 226 Å². The first-order chi connectivity index (χ1) is 42.3. The molecule has 19 heteroatoms. The van der Waals surface area contributed by atoms with Crippen molar-refractivity contribution in [2.45, 2.75) is 133 Å². The molecular weight excluding hydrogens is 1240 g/mol. The van der Waals surface area contributed by atoms with Gasteiger partial charge in [-0.15, -0.1) is 12.8 Å². The molecule has 472 valence electrons. The van der Waals surface area contributed by atoms with E-state index in [-0.39, 0.29) is 96.7 Å². The van der Waals surface area contributed by atoms with Crippen LogP contribution in [0.2, 0.25) is 0 Å². The molecule has 9 atom stereocenters. The first-order valence-electron chi connectivity index (χ1n) is 30.4. The summed E-state index contributed by atoms with van der Waals surface area (Å²) in [4.78, 5) is 105. The van der Waals surface area contributed by atoms with Crippen molar-refractivity contribution >= 4 is 58.2 Å². The molecule has 3 fully saturated rings. The highest BCUT2D eigenvalue weighted by molar-refractivity contribution is 14.1. The van der Waals surface area contributed by atoms with Crippen LogP contribution in [0.4, 0.5) is 0 Å². The first-order valence-corrected chi connectivity index (χ1v) is 31.5. The number of likely N-dealkylation sites (tertiary alicyclic amines) is 3. The normalized spacial score (nSPS) is 19.4. The van der Waals surface area contributed by atoms with Crippen molar-refractivity contribution in [2.75, 3.05) is 41.0 Å². The lowest BCUT2D eigenvalue weighted by Gasteiger charge is -2.29. The Morgan fingerprint density at radius 3 is 1.24 bits per heavy atom. The number of aryl methyl sites for hydroxylation is 2. The third-order valence-corrected chi connectivity index (χ3v) is 17.3. The maximum absolute atomic E-state index is 13.7. The number of methoxy groups -OCH3 is 3. The Labute approximate surface area is 539 Å². The van der Waals surface area contributed by atoms with Crippen molar-refractivity contribution < 1.29 is 43.0 Å². The van der Waals surface area contributed by atoms with Gasteiger partial charge in [-0.2, -0.15) is 0 Å². The molecule has 0 aliphatic carbocycles. The lowest BCUT2D eigenvalue weighted by molar-refractivity contribution is -0.148. The third kappa shape index (κ3) is 18.7. The number of carbonyl (C=O) groups is 6. The number of esters is 3. The van der Waals surface area contributed by atoms with Crippen LogP contribution < -0.4 is 0 Å². The fraction of sp³-hybridized carbons (Fsp3) is 0.500. The molecule has 0 radical (unpaired) electrons. The second-order valence-electron chi connectivity index (χ2n) is 24.8. The monoisotopic (exact) mass is 1320 g/mol. The minimum absolute atomic E-state index is 0.0132. The number of imidazole rings is 3. The van der Waals surface area contributed by atoms with Gasteiger partial charge < -0.3 is 43.9 Å². The summed E-state index contributed by atoms with van der Waals surface area (Å²) < 4.78 is 15.4. The number of nitrogens with one attached hydrogen (secondary N) is 3. The van der Waals surface area contributed by atoms with Crippen LogP contribution in [0.5, 0.6) is 0 Å². The zero-order valence-corrected chi connectivity index (χ0v) is 56.0. The van der Waals surface area contributed by atoms with Crippen molar-refractivity contribution in [2.24, 2.45) is 53.3 Å². The number of aromatic amines is 3. The minimum atomic E-state index is -0.463. The highest BCUT2D eigenvalue weighted by Gasteiger charge is 2.43. The minimum Gasteiger partial charge on any atom is -0.469 e. The third-order valence-electron chi connectivity index (χ3n) is 16.7. The summed E-state index contributed by atoms with van der Waals surface area (Å²) >= 11 is 2.18. The van der Waals surface area contributed by atoms with Gasteiger partial charge in [-0.3, -0.25) is 28.8 Å². The number of benzene rings is 2. The lowest BCUT2D eigenvalue weighted by atomic mass is 9.91. The number of hydrogen-bond acceptors (Lipinski definition) is 12. The molecule has 3 aliphatic rings.